The van der Waals surface area contributed by atoms with Crippen LogP contribution in [-0.2, 0) is 0 Å². The number of benzene rings is 2. The molecule has 2 heteroatoms. The van der Waals surface area contributed by atoms with Gasteiger partial charge in [0.2, 0.25) is 0 Å². The third-order valence-corrected chi connectivity index (χ3v) is 3.84. The van der Waals surface area contributed by atoms with Crippen molar-refractivity contribution in [3.05, 3.63) is 71.3 Å². The number of halogens is 1. The molecule has 0 bridgehead atoms. The highest BCUT2D eigenvalue weighted by molar-refractivity contribution is 8.08. The summed E-state index contributed by atoms with van der Waals surface area (Å²) in [6, 6.07) is 18.6. The third kappa shape index (κ3) is 3.39. The molecule has 0 saturated carbocycles. The fraction of sp³-hybridized carbons (Fsp3) is 0.0667. The quantitative estimate of drug-likeness (QED) is 0.673. The van der Waals surface area contributed by atoms with Crippen LogP contribution in [0.1, 0.15) is 11.1 Å². The molecule has 2 aromatic carbocycles. The average molecular weight is 261 g/mol. The van der Waals surface area contributed by atoms with Gasteiger partial charge in [-0.25, -0.2) is 0 Å². The van der Waals surface area contributed by atoms with Crippen LogP contribution in [0.3, 0.4) is 0 Å². The number of hydrogen-bond acceptors (Lipinski definition) is 1. The summed E-state index contributed by atoms with van der Waals surface area (Å²) in [7, 11) is 0. The zero-order valence-electron chi connectivity index (χ0n) is 9.56. The molecule has 17 heavy (non-hydrogen) atoms. The van der Waals surface area contributed by atoms with E-state index >= 15 is 0 Å². The molecule has 0 atom stereocenters. The van der Waals surface area contributed by atoms with Crippen molar-refractivity contribution < 1.29 is 0 Å². The largest absolute Gasteiger partial charge is 0.0917 e. The lowest BCUT2D eigenvalue weighted by Gasteiger charge is -2.06. The Morgan fingerprint density at radius 2 is 1.65 bits per heavy atom. The molecular weight excluding hydrogens is 248 g/mol. The molecule has 0 N–H and O–H groups in total. The first-order valence-corrected chi connectivity index (χ1v) is 6.65. The SMILES string of the molecule is Cc1ccc(/C(=C\Cl)Sc2ccccc2)cc1. The summed E-state index contributed by atoms with van der Waals surface area (Å²) >= 11 is 7.59. The van der Waals surface area contributed by atoms with E-state index in [-0.39, 0.29) is 0 Å². The van der Waals surface area contributed by atoms with Gasteiger partial charge in [0, 0.05) is 15.3 Å². The van der Waals surface area contributed by atoms with Crippen molar-refractivity contribution in [3.63, 3.8) is 0 Å². The van der Waals surface area contributed by atoms with Gasteiger partial charge in [-0.2, -0.15) is 0 Å². The maximum absolute atomic E-state index is 5.91. The van der Waals surface area contributed by atoms with E-state index in [1.165, 1.54) is 10.5 Å². The maximum atomic E-state index is 5.91. The molecule has 0 nitrogen and oxygen atoms in total. The summed E-state index contributed by atoms with van der Waals surface area (Å²) in [4.78, 5) is 2.26. The lowest BCUT2D eigenvalue weighted by atomic mass is 10.1. The van der Waals surface area contributed by atoms with Crippen LogP contribution in [0.25, 0.3) is 4.91 Å². The second-order valence-corrected chi connectivity index (χ2v) is 5.09. The highest BCUT2D eigenvalue weighted by Gasteiger charge is 2.03. The summed E-state index contributed by atoms with van der Waals surface area (Å²) in [5.74, 6) is 0. The van der Waals surface area contributed by atoms with Crippen LogP contribution in [0.4, 0.5) is 0 Å². The van der Waals surface area contributed by atoms with Gasteiger partial charge in [-0.15, -0.1) is 0 Å². The van der Waals surface area contributed by atoms with Gasteiger partial charge in [0.25, 0.3) is 0 Å². The predicted octanol–water partition coefficient (Wildman–Crippen LogP) is 5.32. The van der Waals surface area contributed by atoms with E-state index in [2.05, 4.69) is 43.3 Å². The molecular formula is C15H13ClS. The van der Waals surface area contributed by atoms with Gasteiger partial charge in [0.1, 0.15) is 0 Å². The molecule has 0 spiro atoms. The number of aryl methyl sites for hydroxylation is 1. The smallest absolute Gasteiger partial charge is 0.0307 e. The molecule has 2 aromatic rings. The summed E-state index contributed by atoms with van der Waals surface area (Å²) < 4.78 is 0. The van der Waals surface area contributed by atoms with Gasteiger partial charge >= 0.3 is 0 Å². The van der Waals surface area contributed by atoms with Crippen molar-refractivity contribution in [3.8, 4) is 0 Å². The average Bonchev–Trinajstić information content (AvgIpc) is 2.38. The molecule has 0 amide bonds. The standard InChI is InChI=1S/C15H13ClS/c1-12-7-9-13(10-8-12)15(11-16)17-14-5-3-2-4-6-14/h2-11H,1H3/b15-11+. The second kappa shape index (κ2) is 5.95. The maximum Gasteiger partial charge on any atom is 0.0307 e. The molecule has 86 valence electrons. The zero-order valence-corrected chi connectivity index (χ0v) is 11.1. The molecule has 0 unspecified atom stereocenters. The van der Waals surface area contributed by atoms with E-state index in [0.29, 0.717) is 0 Å². The van der Waals surface area contributed by atoms with Crippen LogP contribution in [0.5, 0.6) is 0 Å². The lowest BCUT2D eigenvalue weighted by molar-refractivity contribution is 1.45. The first kappa shape index (κ1) is 12.3. The number of rotatable bonds is 3. The molecule has 0 heterocycles. The molecule has 0 aliphatic carbocycles. The highest BCUT2D eigenvalue weighted by atomic mass is 35.5. The predicted molar refractivity (Wildman–Crippen MR) is 77.3 cm³/mol. The Labute approximate surface area is 111 Å². The van der Waals surface area contributed by atoms with Crippen molar-refractivity contribution in [2.75, 3.05) is 0 Å². The van der Waals surface area contributed by atoms with Crippen LogP contribution < -0.4 is 0 Å². The minimum absolute atomic E-state index is 1.07. The monoisotopic (exact) mass is 260 g/mol. The molecule has 2 rings (SSSR count). The van der Waals surface area contributed by atoms with E-state index in [1.807, 2.05) is 18.2 Å². The van der Waals surface area contributed by atoms with Gasteiger partial charge < -0.3 is 0 Å². The van der Waals surface area contributed by atoms with Gasteiger partial charge in [-0.05, 0) is 24.6 Å². The van der Waals surface area contributed by atoms with Crippen molar-refractivity contribution >= 4 is 28.3 Å². The third-order valence-electron chi connectivity index (χ3n) is 2.41. The number of hydrogen-bond donors (Lipinski definition) is 0. The Bertz CT molecular complexity index is 500. The van der Waals surface area contributed by atoms with Crippen molar-refractivity contribution in [2.24, 2.45) is 0 Å². The van der Waals surface area contributed by atoms with Gasteiger partial charge in [0.15, 0.2) is 0 Å². The first-order chi connectivity index (χ1) is 8.29. The van der Waals surface area contributed by atoms with Crippen molar-refractivity contribution in [1.29, 1.82) is 0 Å². The minimum Gasteiger partial charge on any atom is -0.0917 e. The Hall–Kier alpha value is -1.18. The van der Waals surface area contributed by atoms with E-state index in [1.54, 1.807) is 17.3 Å². The van der Waals surface area contributed by atoms with Gasteiger partial charge in [-0.3, -0.25) is 0 Å². The summed E-state index contributed by atoms with van der Waals surface area (Å²) in [5, 5.41) is 0. The minimum atomic E-state index is 1.07. The summed E-state index contributed by atoms with van der Waals surface area (Å²) in [6.45, 7) is 2.08. The van der Waals surface area contributed by atoms with E-state index in [4.69, 9.17) is 11.6 Å². The molecule has 0 fully saturated rings. The molecule has 0 saturated heterocycles. The van der Waals surface area contributed by atoms with Crippen LogP contribution in [0.2, 0.25) is 0 Å². The van der Waals surface area contributed by atoms with Crippen LogP contribution >= 0.6 is 23.4 Å². The number of thioether (sulfide) groups is 1. The normalized spacial score (nSPS) is 11.5. The summed E-state index contributed by atoms with van der Waals surface area (Å²) in [6.07, 6.45) is 0. The zero-order chi connectivity index (χ0) is 12.1. The fourth-order valence-electron chi connectivity index (χ4n) is 1.48. The Morgan fingerprint density at radius 3 is 2.24 bits per heavy atom. The van der Waals surface area contributed by atoms with Crippen LogP contribution in [-0.4, -0.2) is 0 Å². The molecule has 0 aromatic heterocycles. The van der Waals surface area contributed by atoms with Crippen molar-refractivity contribution in [2.45, 2.75) is 11.8 Å². The first-order valence-electron chi connectivity index (χ1n) is 5.40. The van der Waals surface area contributed by atoms with Crippen LogP contribution in [0, 0.1) is 6.92 Å². The topological polar surface area (TPSA) is 0 Å². The summed E-state index contributed by atoms with van der Waals surface area (Å²) in [5.41, 5.74) is 4.05. The Kier molecular flexibility index (Phi) is 4.29. The van der Waals surface area contributed by atoms with Crippen molar-refractivity contribution in [1.82, 2.24) is 0 Å². The van der Waals surface area contributed by atoms with Gasteiger partial charge in [0.05, 0.1) is 0 Å². The van der Waals surface area contributed by atoms with E-state index in [9.17, 15) is 0 Å². The fourth-order valence-corrected chi connectivity index (χ4v) is 2.58. The Balaban J connectivity index is 2.21. The molecule has 0 radical (unpaired) electrons. The second-order valence-electron chi connectivity index (χ2n) is 3.75. The van der Waals surface area contributed by atoms with E-state index < -0.39 is 0 Å². The van der Waals surface area contributed by atoms with Gasteiger partial charge in [-0.1, -0.05) is 71.4 Å². The molecule has 0 aliphatic heterocycles. The Morgan fingerprint density at radius 1 is 1.00 bits per heavy atom. The lowest BCUT2D eigenvalue weighted by Crippen LogP contribution is -1.80. The molecule has 0 aliphatic rings. The van der Waals surface area contributed by atoms with Crippen LogP contribution in [0.15, 0.2) is 65.0 Å². The van der Waals surface area contributed by atoms with E-state index in [0.717, 1.165) is 10.5 Å². The highest BCUT2D eigenvalue weighted by Crippen LogP contribution is 2.34.